The fraction of sp³-hybridized carbons (Fsp3) is 0.571. The zero-order valence-electron chi connectivity index (χ0n) is 12.0. The Morgan fingerprint density at radius 1 is 1.33 bits per heavy atom. The Morgan fingerprint density at radius 3 is 2.39 bits per heavy atom. The molecule has 1 rings (SSSR count). The first-order valence-electron chi connectivity index (χ1n) is 6.31. The Balaban J connectivity index is 2.90. The highest BCUT2D eigenvalue weighted by Gasteiger charge is 2.37. The maximum atomic E-state index is 10.3. The van der Waals surface area contributed by atoms with Crippen LogP contribution in [0.2, 0.25) is 23.2 Å². The number of halogens is 1. The molecule has 1 aromatic rings. The second kappa shape index (κ2) is 5.74. The van der Waals surface area contributed by atoms with E-state index in [1.54, 1.807) is 0 Å². The van der Waals surface area contributed by atoms with Gasteiger partial charge < -0.3 is 10.1 Å². The summed E-state index contributed by atoms with van der Waals surface area (Å²) in [5.74, 6) is 0. The first kappa shape index (κ1) is 15.7. The summed E-state index contributed by atoms with van der Waals surface area (Å²) in [4.78, 5) is 10.3. The number of hydrogen-bond donors (Lipinski definition) is 2. The van der Waals surface area contributed by atoms with Crippen LogP contribution in [0, 0.1) is 0 Å². The van der Waals surface area contributed by atoms with E-state index < -0.39 is 8.32 Å². The Hall–Kier alpha value is -0.353. The summed E-state index contributed by atoms with van der Waals surface area (Å²) in [6.07, 6.45) is 0.863. The maximum absolute atomic E-state index is 10.3. The van der Waals surface area contributed by atoms with Crippen molar-refractivity contribution in [3.63, 3.8) is 0 Å². The van der Waals surface area contributed by atoms with E-state index in [1.807, 2.05) is 26.2 Å². The van der Waals surface area contributed by atoms with Crippen LogP contribution in [0.4, 0.5) is 0 Å². The van der Waals surface area contributed by atoms with Crippen molar-refractivity contribution in [2.24, 2.45) is 0 Å². The number of benzene rings is 1. The van der Waals surface area contributed by atoms with Crippen molar-refractivity contribution in [2.45, 2.75) is 44.9 Å². The topological polar surface area (TPSA) is 32.3 Å². The normalized spacial score (nSPS) is 12.8. The van der Waals surface area contributed by atoms with Gasteiger partial charge in [-0.1, -0.05) is 37.6 Å². The average molecular weight is 286 g/mol. The molecule has 2 nitrogen and oxygen atoms in total. The van der Waals surface area contributed by atoms with E-state index >= 15 is 0 Å². The molecule has 0 spiro atoms. The molecule has 4 heteroatoms. The summed E-state index contributed by atoms with van der Waals surface area (Å²) >= 11 is 6.26. The Kier molecular flexibility index (Phi) is 5.01. The molecule has 18 heavy (non-hydrogen) atoms. The maximum Gasteiger partial charge on any atom is 0.188 e. The number of hydrogen-bond acceptors (Lipinski definition) is 2. The lowest BCUT2D eigenvalue weighted by Gasteiger charge is -2.35. The van der Waals surface area contributed by atoms with Crippen LogP contribution in [0.3, 0.4) is 0 Å². The third-order valence-corrected chi connectivity index (χ3v) is 7.63. The minimum Gasteiger partial charge on any atom is -0.432 e. The molecule has 0 bridgehead atoms. The Labute approximate surface area is 117 Å². The van der Waals surface area contributed by atoms with Gasteiger partial charge in [-0.3, -0.25) is 0 Å². The summed E-state index contributed by atoms with van der Waals surface area (Å²) in [6, 6.07) is 6.20. The van der Waals surface area contributed by atoms with Gasteiger partial charge in [0.25, 0.3) is 0 Å². The van der Waals surface area contributed by atoms with Crippen molar-refractivity contribution in [1.29, 1.82) is 0 Å². The molecular formula is C14H24ClNOSi. The third-order valence-electron chi connectivity index (χ3n) is 3.79. The first-order chi connectivity index (χ1) is 8.17. The molecule has 0 aliphatic carbocycles. The van der Waals surface area contributed by atoms with Gasteiger partial charge in [0.15, 0.2) is 8.32 Å². The molecule has 0 aliphatic rings. The molecule has 0 heterocycles. The van der Waals surface area contributed by atoms with Gasteiger partial charge in [-0.05, 0) is 48.8 Å². The summed E-state index contributed by atoms with van der Waals surface area (Å²) < 4.78 is 0. The summed E-state index contributed by atoms with van der Waals surface area (Å²) in [5.41, 5.74) is 2.31. The molecule has 2 N–H and O–H groups in total. The van der Waals surface area contributed by atoms with Crippen molar-refractivity contribution < 1.29 is 4.80 Å². The second-order valence-corrected chi connectivity index (χ2v) is 11.0. The first-order valence-corrected chi connectivity index (χ1v) is 9.64. The van der Waals surface area contributed by atoms with Gasteiger partial charge >= 0.3 is 0 Å². The highest BCUT2D eigenvalue weighted by Crippen LogP contribution is 2.39. The molecule has 0 aromatic heterocycles. The molecule has 0 saturated carbocycles. The fourth-order valence-electron chi connectivity index (χ4n) is 1.76. The van der Waals surface area contributed by atoms with Crippen LogP contribution >= 0.6 is 11.6 Å². The lowest BCUT2D eigenvalue weighted by atomic mass is 10.0. The quantitative estimate of drug-likeness (QED) is 0.811. The minimum atomic E-state index is -2.17. The van der Waals surface area contributed by atoms with Crippen LogP contribution in [0.5, 0.6) is 0 Å². The predicted molar refractivity (Wildman–Crippen MR) is 81.7 cm³/mol. The van der Waals surface area contributed by atoms with Crippen molar-refractivity contribution >= 4 is 19.9 Å². The average Bonchev–Trinajstić information content (AvgIpc) is 2.20. The van der Waals surface area contributed by atoms with Gasteiger partial charge in [0.1, 0.15) is 0 Å². The number of nitrogens with one attached hydrogen (secondary N) is 1. The van der Waals surface area contributed by atoms with E-state index in [0.29, 0.717) is 0 Å². The van der Waals surface area contributed by atoms with Gasteiger partial charge in [-0.2, -0.15) is 0 Å². The largest absolute Gasteiger partial charge is 0.432 e. The lowest BCUT2D eigenvalue weighted by molar-refractivity contribution is 0.467. The molecule has 0 aliphatic heterocycles. The fourth-order valence-corrected chi connectivity index (χ4v) is 2.67. The smallest absolute Gasteiger partial charge is 0.188 e. The van der Waals surface area contributed by atoms with Crippen LogP contribution in [-0.2, 0) is 13.0 Å². The van der Waals surface area contributed by atoms with Crippen molar-refractivity contribution in [2.75, 3.05) is 7.05 Å². The van der Waals surface area contributed by atoms with Gasteiger partial charge in [0.05, 0.1) is 0 Å². The molecule has 0 unspecified atom stereocenters. The van der Waals surface area contributed by atoms with Crippen molar-refractivity contribution in [3.8, 4) is 0 Å². The second-order valence-electron chi connectivity index (χ2n) is 6.08. The molecule has 0 amide bonds. The highest BCUT2D eigenvalue weighted by molar-refractivity contribution is 6.72. The van der Waals surface area contributed by atoms with Gasteiger partial charge in [-0.15, -0.1) is 0 Å². The van der Waals surface area contributed by atoms with Crippen molar-refractivity contribution in [3.05, 3.63) is 34.3 Å². The van der Waals surface area contributed by atoms with E-state index in [0.717, 1.165) is 23.6 Å². The monoisotopic (exact) mass is 285 g/mol. The van der Waals surface area contributed by atoms with E-state index in [1.165, 1.54) is 5.56 Å². The van der Waals surface area contributed by atoms with Gasteiger partial charge in [-0.25, -0.2) is 0 Å². The molecular weight excluding hydrogens is 262 g/mol. The summed E-state index contributed by atoms with van der Waals surface area (Å²) in [5, 5.41) is 3.85. The SMILES string of the molecule is CNCc1ccc(CC(C)(C)[Si](C)(C)O)cc1Cl. The summed E-state index contributed by atoms with van der Waals surface area (Å²) in [7, 11) is -0.259. The summed E-state index contributed by atoms with van der Waals surface area (Å²) in [6.45, 7) is 9.03. The highest BCUT2D eigenvalue weighted by atomic mass is 35.5. The molecule has 102 valence electrons. The lowest BCUT2D eigenvalue weighted by Crippen LogP contribution is -2.40. The number of rotatable bonds is 5. The van der Waals surface area contributed by atoms with Gasteiger partial charge in [0, 0.05) is 11.6 Å². The van der Waals surface area contributed by atoms with Crippen LogP contribution in [-0.4, -0.2) is 20.2 Å². The van der Waals surface area contributed by atoms with E-state index in [-0.39, 0.29) is 5.04 Å². The van der Waals surface area contributed by atoms with E-state index in [9.17, 15) is 4.80 Å². The molecule has 0 saturated heterocycles. The zero-order valence-corrected chi connectivity index (χ0v) is 13.7. The molecule has 1 aromatic carbocycles. The van der Waals surface area contributed by atoms with Gasteiger partial charge in [0.2, 0.25) is 0 Å². The van der Waals surface area contributed by atoms with Crippen molar-refractivity contribution in [1.82, 2.24) is 5.32 Å². The minimum absolute atomic E-state index is 0.0547. The van der Waals surface area contributed by atoms with Crippen LogP contribution in [0.1, 0.15) is 25.0 Å². The van der Waals surface area contributed by atoms with Crippen LogP contribution < -0.4 is 5.32 Å². The third kappa shape index (κ3) is 3.82. The van der Waals surface area contributed by atoms with Crippen LogP contribution in [0.25, 0.3) is 0 Å². The molecule has 0 fully saturated rings. The van der Waals surface area contributed by atoms with E-state index in [4.69, 9.17) is 11.6 Å². The Bertz CT molecular complexity index is 413. The molecule has 0 radical (unpaired) electrons. The van der Waals surface area contributed by atoms with E-state index in [2.05, 4.69) is 31.3 Å². The molecule has 0 atom stereocenters. The van der Waals surface area contributed by atoms with Crippen LogP contribution in [0.15, 0.2) is 18.2 Å². The Morgan fingerprint density at radius 2 is 1.94 bits per heavy atom. The standard InChI is InChI=1S/C14H24ClNOSi/c1-14(2,18(4,5)17)9-11-6-7-12(10-16-3)13(15)8-11/h6-8,16-17H,9-10H2,1-5H3. The zero-order chi connectivity index (χ0) is 14.0. The predicted octanol–water partition coefficient (Wildman–Crippen LogP) is 3.58.